The van der Waals surface area contributed by atoms with Gasteiger partial charge in [0.2, 0.25) is 0 Å². The van der Waals surface area contributed by atoms with Crippen molar-refractivity contribution in [2.75, 3.05) is 0 Å². The number of fused-ring (bicyclic) bond motifs is 5. The van der Waals surface area contributed by atoms with E-state index in [0.29, 0.717) is 5.41 Å². The van der Waals surface area contributed by atoms with Crippen LogP contribution in [-0.2, 0) is 6.42 Å². The Balaban J connectivity index is 1.94. The lowest BCUT2D eigenvalue weighted by atomic mass is 9.53. The molecule has 0 heterocycles. The molecule has 0 amide bonds. The van der Waals surface area contributed by atoms with E-state index in [0.717, 1.165) is 17.8 Å². The molecule has 116 valence electrons. The number of aryl methyl sites for hydroxylation is 2. The van der Waals surface area contributed by atoms with E-state index in [-0.39, 0.29) is 0 Å². The first kappa shape index (κ1) is 14.3. The molecule has 2 aliphatic rings. The molecule has 2 aromatic carbocycles. The van der Waals surface area contributed by atoms with E-state index < -0.39 is 0 Å². The molecule has 4 unspecified atom stereocenters. The van der Waals surface area contributed by atoms with Crippen LogP contribution in [0.4, 0.5) is 0 Å². The van der Waals surface area contributed by atoms with Crippen LogP contribution in [0, 0.1) is 24.2 Å². The number of hydrogen-bond acceptors (Lipinski definition) is 0. The van der Waals surface area contributed by atoms with Crippen LogP contribution in [0.2, 0.25) is 0 Å². The maximum atomic E-state index is 2.56. The molecule has 0 radical (unpaired) electrons. The zero-order chi connectivity index (χ0) is 15.5. The summed E-state index contributed by atoms with van der Waals surface area (Å²) >= 11 is 0. The standard InChI is InChI=1S/C22H28/c1-14-10-12-22(4)13-11-19-18-7-5-6-15(2)17(18)8-9-20(19)21(22)16(14)3/h5-9,14,16,21H,10-13H2,1-4H3. The summed E-state index contributed by atoms with van der Waals surface area (Å²) in [6.07, 6.45) is 5.46. The van der Waals surface area contributed by atoms with Gasteiger partial charge in [-0.25, -0.2) is 0 Å². The quantitative estimate of drug-likeness (QED) is 0.538. The summed E-state index contributed by atoms with van der Waals surface area (Å²) in [6, 6.07) is 11.7. The molecular formula is C22H28. The Labute approximate surface area is 134 Å². The van der Waals surface area contributed by atoms with Gasteiger partial charge < -0.3 is 0 Å². The summed E-state index contributed by atoms with van der Waals surface area (Å²) < 4.78 is 0. The number of benzene rings is 2. The maximum Gasteiger partial charge on any atom is -0.00767 e. The molecule has 0 aliphatic heterocycles. The van der Waals surface area contributed by atoms with Crippen LogP contribution in [-0.4, -0.2) is 0 Å². The van der Waals surface area contributed by atoms with Gasteiger partial charge in [0.15, 0.2) is 0 Å². The third-order valence-corrected chi connectivity index (χ3v) is 7.05. The molecule has 0 nitrogen and oxygen atoms in total. The molecule has 4 rings (SSSR count). The highest BCUT2D eigenvalue weighted by molar-refractivity contribution is 5.89. The molecule has 0 bridgehead atoms. The highest BCUT2D eigenvalue weighted by Gasteiger charge is 2.46. The molecule has 2 aliphatic carbocycles. The van der Waals surface area contributed by atoms with Crippen molar-refractivity contribution in [3.05, 3.63) is 47.0 Å². The smallest absolute Gasteiger partial charge is 0.00767 e. The highest BCUT2D eigenvalue weighted by Crippen LogP contribution is 2.58. The molecule has 2 aromatic rings. The third kappa shape index (κ3) is 1.89. The fraction of sp³-hybridized carbons (Fsp3) is 0.545. The molecule has 0 spiro atoms. The normalized spacial score (nSPS) is 34.3. The van der Waals surface area contributed by atoms with E-state index in [1.165, 1.54) is 42.0 Å². The second-order valence-electron chi connectivity index (χ2n) is 8.31. The zero-order valence-electron chi connectivity index (χ0n) is 14.4. The predicted octanol–water partition coefficient (Wildman–Crippen LogP) is 6.25. The van der Waals surface area contributed by atoms with Crippen molar-refractivity contribution in [1.82, 2.24) is 0 Å². The van der Waals surface area contributed by atoms with Crippen molar-refractivity contribution < 1.29 is 0 Å². The summed E-state index contributed by atoms with van der Waals surface area (Å²) in [5.41, 5.74) is 5.27. The Morgan fingerprint density at radius 2 is 1.82 bits per heavy atom. The molecule has 0 aromatic heterocycles. The minimum Gasteiger partial charge on any atom is -0.0622 e. The van der Waals surface area contributed by atoms with Gasteiger partial charge in [0.1, 0.15) is 0 Å². The van der Waals surface area contributed by atoms with Crippen molar-refractivity contribution in [2.45, 2.75) is 59.3 Å². The van der Waals surface area contributed by atoms with Crippen LogP contribution in [0.1, 0.15) is 62.6 Å². The summed E-state index contributed by atoms with van der Waals surface area (Å²) in [5, 5.41) is 2.98. The van der Waals surface area contributed by atoms with Gasteiger partial charge in [-0.15, -0.1) is 0 Å². The molecule has 0 saturated heterocycles. The number of hydrogen-bond donors (Lipinski definition) is 0. The van der Waals surface area contributed by atoms with Crippen LogP contribution in [0.25, 0.3) is 10.8 Å². The fourth-order valence-electron chi connectivity index (χ4n) is 5.45. The minimum atomic E-state index is 0.524. The van der Waals surface area contributed by atoms with Crippen LogP contribution >= 0.6 is 0 Å². The highest BCUT2D eigenvalue weighted by atomic mass is 14.5. The Bertz CT molecular complexity index is 726. The van der Waals surface area contributed by atoms with Crippen molar-refractivity contribution in [3.8, 4) is 0 Å². The van der Waals surface area contributed by atoms with Crippen molar-refractivity contribution in [2.24, 2.45) is 17.3 Å². The SMILES string of the molecule is Cc1cccc2c3c(ccc12)C1C(C)C(C)CCC1(C)CC3. The lowest BCUT2D eigenvalue weighted by Crippen LogP contribution is -2.41. The largest absolute Gasteiger partial charge is 0.0622 e. The molecular weight excluding hydrogens is 264 g/mol. The summed E-state index contributed by atoms with van der Waals surface area (Å²) in [6.45, 7) is 9.77. The fourth-order valence-corrected chi connectivity index (χ4v) is 5.45. The summed E-state index contributed by atoms with van der Waals surface area (Å²) in [5.74, 6) is 2.42. The van der Waals surface area contributed by atoms with Crippen LogP contribution in [0.5, 0.6) is 0 Å². The van der Waals surface area contributed by atoms with E-state index in [1.54, 1.807) is 11.1 Å². The minimum absolute atomic E-state index is 0.524. The molecule has 4 atom stereocenters. The maximum absolute atomic E-state index is 2.56. The van der Waals surface area contributed by atoms with Gasteiger partial charge >= 0.3 is 0 Å². The monoisotopic (exact) mass is 292 g/mol. The van der Waals surface area contributed by atoms with Crippen LogP contribution < -0.4 is 0 Å². The molecule has 22 heavy (non-hydrogen) atoms. The topological polar surface area (TPSA) is 0 Å². The molecule has 1 fully saturated rings. The first-order valence-corrected chi connectivity index (χ1v) is 9.02. The van der Waals surface area contributed by atoms with Crippen molar-refractivity contribution >= 4 is 10.8 Å². The van der Waals surface area contributed by atoms with E-state index in [9.17, 15) is 0 Å². The lowest BCUT2D eigenvalue weighted by molar-refractivity contribution is 0.0667. The second kappa shape index (κ2) is 4.85. The predicted molar refractivity (Wildman–Crippen MR) is 95.4 cm³/mol. The van der Waals surface area contributed by atoms with E-state index in [4.69, 9.17) is 0 Å². The summed E-state index contributed by atoms with van der Waals surface area (Å²) in [4.78, 5) is 0. The van der Waals surface area contributed by atoms with Gasteiger partial charge in [-0.3, -0.25) is 0 Å². The zero-order valence-corrected chi connectivity index (χ0v) is 14.4. The van der Waals surface area contributed by atoms with Crippen molar-refractivity contribution in [3.63, 3.8) is 0 Å². The lowest BCUT2D eigenvalue weighted by Gasteiger charge is -2.52. The molecule has 0 N–H and O–H groups in total. The number of rotatable bonds is 0. The molecule has 0 heteroatoms. The van der Waals surface area contributed by atoms with Gasteiger partial charge in [0.05, 0.1) is 0 Å². The van der Waals surface area contributed by atoms with Gasteiger partial charge in [-0.1, -0.05) is 51.1 Å². The first-order chi connectivity index (χ1) is 10.5. The Kier molecular flexibility index (Phi) is 3.15. The molecule has 1 saturated carbocycles. The average molecular weight is 292 g/mol. The second-order valence-corrected chi connectivity index (χ2v) is 8.31. The average Bonchev–Trinajstić information content (AvgIpc) is 2.51. The van der Waals surface area contributed by atoms with Gasteiger partial charge in [0.25, 0.3) is 0 Å². The van der Waals surface area contributed by atoms with E-state index in [2.05, 4.69) is 58.0 Å². The summed E-state index contributed by atoms with van der Waals surface area (Å²) in [7, 11) is 0. The Morgan fingerprint density at radius 3 is 2.64 bits per heavy atom. The third-order valence-electron chi connectivity index (χ3n) is 7.05. The van der Waals surface area contributed by atoms with E-state index in [1.807, 2.05) is 0 Å². The van der Waals surface area contributed by atoms with Gasteiger partial charge in [0, 0.05) is 0 Å². The van der Waals surface area contributed by atoms with Crippen LogP contribution in [0.15, 0.2) is 30.3 Å². The Morgan fingerprint density at radius 1 is 1.00 bits per heavy atom. The van der Waals surface area contributed by atoms with Gasteiger partial charge in [-0.05, 0) is 83.2 Å². The Hall–Kier alpha value is -1.30. The first-order valence-electron chi connectivity index (χ1n) is 9.02. The van der Waals surface area contributed by atoms with Gasteiger partial charge in [-0.2, -0.15) is 0 Å². The van der Waals surface area contributed by atoms with Crippen molar-refractivity contribution in [1.29, 1.82) is 0 Å². The van der Waals surface area contributed by atoms with E-state index >= 15 is 0 Å². The van der Waals surface area contributed by atoms with Crippen LogP contribution in [0.3, 0.4) is 0 Å².